The van der Waals surface area contributed by atoms with E-state index in [0.717, 1.165) is 0 Å². The summed E-state index contributed by atoms with van der Waals surface area (Å²) < 4.78 is 13.6. The van der Waals surface area contributed by atoms with Crippen LogP contribution in [-0.2, 0) is 4.79 Å². The number of carbonyl (C=O) groups is 1. The fourth-order valence-electron chi connectivity index (χ4n) is 1.10. The molecular formula is C11H13BrFN3O2. The van der Waals surface area contributed by atoms with Crippen molar-refractivity contribution in [3.8, 4) is 0 Å². The van der Waals surface area contributed by atoms with Gasteiger partial charge in [0.1, 0.15) is 11.2 Å². The van der Waals surface area contributed by atoms with E-state index in [1.165, 1.54) is 32.0 Å². The molecule has 1 rings (SSSR count). The normalized spacial score (nSPS) is 12.3. The molecule has 5 nitrogen and oxygen atoms in total. The molecule has 0 spiro atoms. The molecule has 0 fully saturated rings. The summed E-state index contributed by atoms with van der Waals surface area (Å²) in [6.07, 6.45) is 0. The lowest BCUT2D eigenvalue weighted by Gasteiger charge is -2.21. The fourth-order valence-corrected chi connectivity index (χ4v) is 1.35. The first-order valence-corrected chi connectivity index (χ1v) is 5.83. The fraction of sp³-hybridized carbons (Fsp3) is 0.273. The van der Waals surface area contributed by atoms with Crippen molar-refractivity contribution in [1.29, 1.82) is 0 Å². The van der Waals surface area contributed by atoms with E-state index in [4.69, 9.17) is 10.9 Å². The van der Waals surface area contributed by atoms with Crippen LogP contribution in [0.2, 0.25) is 0 Å². The molecule has 1 aromatic carbocycles. The Morgan fingerprint density at radius 1 is 1.56 bits per heavy atom. The molecule has 4 N–H and O–H groups in total. The first kappa shape index (κ1) is 14.4. The zero-order chi connectivity index (χ0) is 13.9. The summed E-state index contributed by atoms with van der Waals surface area (Å²) in [4.78, 5) is 11.9. The number of nitrogens with two attached hydrogens (primary N) is 1. The van der Waals surface area contributed by atoms with E-state index < -0.39 is 17.1 Å². The van der Waals surface area contributed by atoms with E-state index in [1.807, 2.05) is 0 Å². The van der Waals surface area contributed by atoms with Gasteiger partial charge in [-0.25, -0.2) is 4.39 Å². The van der Waals surface area contributed by atoms with E-state index in [9.17, 15) is 9.18 Å². The van der Waals surface area contributed by atoms with Gasteiger partial charge in [0, 0.05) is 5.69 Å². The first-order chi connectivity index (χ1) is 8.28. The molecule has 0 heterocycles. The summed E-state index contributed by atoms with van der Waals surface area (Å²) in [6, 6.07) is 4.18. The molecule has 0 aliphatic rings. The maximum Gasteiger partial charge on any atom is 0.237 e. The van der Waals surface area contributed by atoms with Crippen molar-refractivity contribution in [2.24, 2.45) is 16.3 Å². The third-order valence-corrected chi connectivity index (χ3v) is 3.14. The van der Waals surface area contributed by atoms with E-state index in [1.54, 1.807) is 0 Å². The molecule has 0 aliphatic heterocycles. The van der Waals surface area contributed by atoms with Crippen molar-refractivity contribution >= 4 is 33.4 Å². The number of carbonyl (C=O) groups excluding carboxylic acids is 1. The average molecular weight is 318 g/mol. The Morgan fingerprint density at radius 3 is 2.67 bits per heavy atom. The maximum atomic E-state index is 13.3. The molecule has 0 atom stereocenters. The Hall–Kier alpha value is -1.63. The Labute approximate surface area is 112 Å². The van der Waals surface area contributed by atoms with Gasteiger partial charge >= 0.3 is 0 Å². The van der Waals surface area contributed by atoms with Crippen LogP contribution in [0.5, 0.6) is 0 Å². The van der Waals surface area contributed by atoms with Crippen molar-refractivity contribution in [2.45, 2.75) is 13.8 Å². The molecule has 1 amide bonds. The highest BCUT2D eigenvalue weighted by molar-refractivity contribution is 9.10. The van der Waals surface area contributed by atoms with E-state index in [2.05, 4.69) is 26.4 Å². The van der Waals surface area contributed by atoms with Crippen molar-refractivity contribution in [3.63, 3.8) is 0 Å². The smallest absolute Gasteiger partial charge is 0.237 e. The van der Waals surface area contributed by atoms with Crippen molar-refractivity contribution in [1.82, 2.24) is 0 Å². The Kier molecular flexibility index (Phi) is 4.28. The van der Waals surface area contributed by atoms with Gasteiger partial charge in [-0.05, 0) is 48.0 Å². The minimum Gasteiger partial charge on any atom is -0.409 e. The van der Waals surface area contributed by atoms with Crippen LogP contribution in [0.4, 0.5) is 10.1 Å². The molecule has 0 radical (unpaired) electrons. The first-order valence-electron chi connectivity index (χ1n) is 5.03. The second kappa shape index (κ2) is 5.34. The van der Waals surface area contributed by atoms with Crippen LogP contribution in [0, 0.1) is 11.2 Å². The average Bonchev–Trinajstić information content (AvgIpc) is 2.32. The molecule has 0 bridgehead atoms. The molecule has 7 heteroatoms. The van der Waals surface area contributed by atoms with Gasteiger partial charge in [-0.3, -0.25) is 4.79 Å². The van der Waals surface area contributed by atoms with Gasteiger partial charge in [-0.1, -0.05) is 5.16 Å². The molecule has 1 aromatic rings. The van der Waals surface area contributed by atoms with Gasteiger partial charge in [0.15, 0.2) is 5.84 Å². The molecular weight excluding hydrogens is 305 g/mol. The maximum absolute atomic E-state index is 13.3. The van der Waals surface area contributed by atoms with Gasteiger partial charge in [-0.2, -0.15) is 0 Å². The van der Waals surface area contributed by atoms with Gasteiger partial charge in [0.05, 0.1) is 4.47 Å². The van der Waals surface area contributed by atoms with Crippen LogP contribution >= 0.6 is 15.9 Å². The highest BCUT2D eigenvalue weighted by Gasteiger charge is 2.32. The van der Waals surface area contributed by atoms with Crippen LogP contribution < -0.4 is 11.1 Å². The zero-order valence-corrected chi connectivity index (χ0v) is 11.5. The number of nitrogens with zero attached hydrogens (tertiary/aromatic N) is 1. The number of hydrogen-bond donors (Lipinski definition) is 3. The van der Waals surface area contributed by atoms with Crippen molar-refractivity contribution in [3.05, 3.63) is 28.5 Å². The third-order valence-electron chi connectivity index (χ3n) is 2.49. The van der Waals surface area contributed by atoms with Crippen LogP contribution in [0.1, 0.15) is 13.8 Å². The lowest BCUT2D eigenvalue weighted by molar-refractivity contribution is -0.121. The second-order valence-electron chi connectivity index (χ2n) is 4.19. The minimum absolute atomic E-state index is 0.224. The van der Waals surface area contributed by atoms with Gasteiger partial charge in [-0.15, -0.1) is 0 Å². The predicted molar refractivity (Wildman–Crippen MR) is 69.9 cm³/mol. The number of anilines is 1. The van der Waals surface area contributed by atoms with Crippen molar-refractivity contribution in [2.75, 3.05) is 5.32 Å². The Bertz CT molecular complexity index is 503. The minimum atomic E-state index is -1.20. The molecule has 0 unspecified atom stereocenters. The van der Waals surface area contributed by atoms with Crippen LogP contribution in [-0.4, -0.2) is 17.0 Å². The molecule has 0 saturated carbocycles. The number of halogens is 2. The number of rotatable bonds is 3. The van der Waals surface area contributed by atoms with Crippen molar-refractivity contribution < 1.29 is 14.4 Å². The Balaban J connectivity index is 2.91. The van der Waals surface area contributed by atoms with E-state index in [-0.39, 0.29) is 5.84 Å². The van der Waals surface area contributed by atoms with Gasteiger partial charge in [0.25, 0.3) is 0 Å². The van der Waals surface area contributed by atoms with Gasteiger partial charge in [0.2, 0.25) is 5.91 Å². The molecule has 18 heavy (non-hydrogen) atoms. The number of oxime groups is 1. The highest BCUT2D eigenvalue weighted by atomic mass is 79.9. The molecule has 98 valence electrons. The lowest BCUT2D eigenvalue weighted by Crippen LogP contribution is -2.42. The van der Waals surface area contributed by atoms with Crippen LogP contribution in [0.25, 0.3) is 0 Å². The predicted octanol–water partition coefficient (Wildman–Crippen LogP) is 2.30. The van der Waals surface area contributed by atoms with E-state index in [0.29, 0.717) is 10.2 Å². The number of nitrogens with one attached hydrogen (secondary N) is 1. The van der Waals surface area contributed by atoms with Crippen LogP contribution in [0.3, 0.4) is 0 Å². The summed E-state index contributed by atoms with van der Waals surface area (Å²) >= 11 is 3.01. The summed E-state index contributed by atoms with van der Waals surface area (Å²) in [5, 5.41) is 13.9. The van der Waals surface area contributed by atoms with Gasteiger partial charge < -0.3 is 16.3 Å². The standard InChI is InChI=1S/C11H13BrFN3O2/c1-11(2,9(14)16-18)10(17)15-6-3-4-7(12)8(13)5-6/h3-5,18H,1-2H3,(H2,14,16)(H,15,17). The summed E-state index contributed by atoms with van der Waals surface area (Å²) in [7, 11) is 0. The second-order valence-corrected chi connectivity index (χ2v) is 5.05. The number of amidine groups is 1. The lowest BCUT2D eigenvalue weighted by atomic mass is 9.91. The van der Waals surface area contributed by atoms with E-state index >= 15 is 0 Å². The number of amides is 1. The molecule has 0 saturated heterocycles. The Morgan fingerprint density at radius 2 is 2.17 bits per heavy atom. The number of benzene rings is 1. The summed E-state index contributed by atoms with van der Waals surface area (Å²) in [5.74, 6) is -1.22. The quantitative estimate of drug-likeness (QED) is 0.346. The number of hydrogen-bond acceptors (Lipinski definition) is 3. The third kappa shape index (κ3) is 2.98. The highest BCUT2D eigenvalue weighted by Crippen LogP contribution is 2.22. The molecule has 0 aromatic heterocycles. The topological polar surface area (TPSA) is 87.7 Å². The SMILES string of the molecule is CC(C)(C(=O)Nc1ccc(Br)c(F)c1)C(N)=NO. The zero-order valence-electron chi connectivity index (χ0n) is 9.87. The monoisotopic (exact) mass is 317 g/mol. The summed E-state index contributed by atoms with van der Waals surface area (Å²) in [6.45, 7) is 2.99. The summed E-state index contributed by atoms with van der Waals surface area (Å²) in [5.41, 5.74) is 4.51. The molecule has 0 aliphatic carbocycles. The largest absolute Gasteiger partial charge is 0.409 e. The van der Waals surface area contributed by atoms with Crippen LogP contribution in [0.15, 0.2) is 27.8 Å².